The second-order valence-corrected chi connectivity index (χ2v) is 6.50. The molecule has 1 N–H and O–H groups in total. The van der Waals surface area contributed by atoms with Crippen molar-refractivity contribution in [1.29, 1.82) is 0 Å². The SMILES string of the molecule is O=C(Cn1ncc(=O)c2ccccc21)Nc1cccc(COCc2ccco2)c1. The molecule has 4 aromatic rings. The molecule has 2 aromatic carbocycles. The lowest BCUT2D eigenvalue weighted by Crippen LogP contribution is -2.22. The van der Waals surface area contributed by atoms with Crippen LogP contribution in [0.2, 0.25) is 0 Å². The summed E-state index contributed by atoms with van der Waals surface area (Å²) in [6.07, 6.45) is 2.84. The van der Waals surface area contributed by atoms with Crippen molar-refractivity contribution in [3.8, 4) is 0 Å². The Hall–Kier alpha value is -3.71. The van der Waals surface area contributed by atoms with Crippen molar-refractivity contribution in [2.45, 2.75) is 19.8 Å². The molecule has 0 radical (unpaired) electrons. The van der Waals surface area contributed by atoms with Gasteiger partial charge in [0, 0.05) is 11.1 Å². The zero-order valence-electron chi connectivity index (χ0n) is 15.6. The van der Waals surface area contributed by atoms with E-state index < -0.39 is 0 Å². The molecule has 4 rings (SSSR count). The molecule has 29 heavy (non-hydrogen) atoms. The van der Waals surface area contributed by atoms with Gasteiger partial charge in [0.05, 0.1) is 24.6 Å². The minimum atomic E-state index is -0.236. The van der Waals surface area contributed by atoms with Crippen molar-refractivity contribution in [3.63, 3.8) is 0 Å². The van der Waals surface area contributed by atoms with Crippen molar-refractivity contribution in [2.24, 2.45) is 0 Å². The van der Waals surface area contributed by atoms with Gasteiger partial charge in [0.2, 0.25) is 11.3 Å². The summed E-state index contributed by atoms with van der Waals surface area (Å²) in [6, 6.07) is 18.2. The maximum Gasteiger partial charge on any atom is 0.246 e. The van der Waals surface area contributed by atoms with Gasteiger partial charge in [-0.25, -0.2) is 0 Å². The molecule has 0 spiro atoms. The zero-order chi connectivity index (χ0) is 20.1. The molecule has 0 saturated heterocycles. The second-order valence-electron chi connectivity index (χ2n) is 6.50. The van der Waals surface area contributed by atoms with Gasteiger partial charge in [-0.05, 0) is 42.0 Å². The van der Waals surface area contributed by atoms with E-state index in [0.29, 0.717) is 29.8 Å². The van der Waals surface area contributed by atoms with Gasteiger partial charge in [0.1, 0.15) is 18.9 Å². The molecule has 0 atom stereocenters. The molecule has 0 aliphatic heterocycles. The molecule has 2 heterocycles. The highest BCUT2D eigenvalue weighted by atomic mass is 16.5. The van der Waals surface area contributed by atoms with Crippen molar-refractivity contribution >= 4 is 22.5 Å². The van der Waals surface area contributed by atoms with Gasteiger partial charge in [-0.3, -0.25) is 14.3 Å². The van der Waals surface area contributed by atoms with E-state index in [2.05, 4.69) is 10.4 Å². The Morgan fingerprint density at radius 3 is 2.83 bits per heavy atom. The Morgan fingerprint density at radius 1 is 1.07 bits per heavy atom. The number of nitrogens with one attached hydrogen (secondary N) is 1. The minimum Gasteiger partial charge on any atom is -0.467 e. The zero-order valence-corrected chi connectivity index (χ0v) is 15.6. The van der Waals surface area contributed by atoms with Crippen LogP contribution in [0.1, 0.15) is 11.3 Å². The number of aromatic nitrogens is 2. The van der Waals surface area contributed by atoms with E-state index in [1.807, 2.05) is 42.5 Å². The number of hydrogen-bond donors (Lipinski definition) is 1. The molecule has 146 valence electrons. The Balaban J connectivity index is 1.40. The van der Waals surface area contributed by atoms with Gasteiger partial charge in [-0.2, -0.15) is 5.10 Å². The maximum atomic E-state index is 12.5. The van der Waals surface area contributed by atoms with Crippen LogP contribution < -0.4 is 10.7 Å². The van der Waals surface area contributed by atoms with Gasteiger partial charge in [0.25, 0.3) is 0 Å². The minimum absolute atomic E-state index is 0.0000144. The quantitative estimate of drug-likeness (QED) is 0.524. The first kappa shape index (κ1) is 18.6. The van der Waals surface area contributed by atoms with E-state index in [4.69, 9.17) is 9.15 Å². The molecular weight excluding hydrogens is 370 g/mol. The number of anilines is 1. The Labute approximate surface area is 166 Å². The number of carbonyl (C=O) groups is 1. The normalized spacial score (nSPS) is 10.9. The lowest BCUT2D eigenvalue weighted by Gasteiger charge is -2.11. The van der Waals surface area contributed by atoms with Crippen molar-refractivity contribution in [3.05, 3.63) is 94.7 Å². The number of nitrogens with zero attached hydrogens (tertiary/aromatic N) is 2. The highest BCUT2D eigenvalue weighted by Gasteiger charge is 2.09. The number of ether oxygens (including phenoxy) is 1. The summed E-state index contributed by atoms with van der Waals surface area (Å²) >= 11 is 0. The number of carbonyl (C=O) groups excluding carboxylic acids is 1. The Bertz CT molecular complexity index is 1180. The lowest BCUT2D eigenvalue weighted by atomic mass is 10.2. The Kier molecular flexibility index (Phi) is 5.49. The summed E-state index contributed by atoms with van der Waals surface area (Å²) in [5.41, 5.74) is 2.05. The average Bonchev–Trinajstić information content (AvgIpc) is 3.24. The van der Waals surface area contributed by atoms with Gasteiger partial charge < -0.3 is 14.5 Å². The summed E-state index contributed by atoms with van der Waals surface area (Å²) < 4.78 is 12.4. The smallest absolute Gasteiger partial charge is 0.246 e. The predicted octanol–water partition coefficient (Wildman–Crippen LogP) is 3.35. The summed E-state index contributed by atoms with van der Waals surface area (Å²) in [5, 5.41) is 7.48. The fraction of sp³-hybridized carbons (Fsp3) is 0.136. The maximum absolute atomic E-state index is 12.5. The number of amides is 1. The molecule has 7 nitrogen and oxygen atoms in total. The highest BCUT2D eigenvalue weighted by molar-refractivity contribution is 5.91. The summed E-state index contributed by atoms with van der Waals surface area (Å²) in [7, 11) is 0. The molecule has 0 aliphatic carbocycles. The van der Waals surface area contributed by atoms with E-state index in [9.17, 15) is 9.59 Å². The molecule has 0 unspecified atom stereocenters. The number of benzene rings is 2. The van der Waals surface area contributed by atoms with Crippen LogP contribution in [0.15, 0.2) is 82.3 Å². The van der Waals surface area contributed by atoms with Crippen LogP contribution in [0, 0.1) is 0 Å². The van der Waals surface area contributed by atoms with Gasteiger partial charge in [0.15, 0.2) is 0 Å². The highest BCUT2D eigenvalue weighted by Crippen LogP contribution is 2.14. The van der Waals surface area contributed by atoms with Crippen LogP contribution in [0.3, 0.4) is 0 Å². The summed E-state index contributed by atoms with van der Waals surface area (Å²) in [5.74, 6) is 0.523. The van der Waals surface area contributed by atoms with E-state index in [1.54, 1.807) is 24.5 Å². The average molecular weight is 389 g/mol. The van der Waals surface area contributed by atoms with Gasteiger partial charge in [-0.15, -0.1) is 0 Å². The molecule has 0 bridgehead atoms. The molecule has 0 saturated carbocycles. The number of hydrogen-bond acceptors (Lipinski definition) is 5. The largest absolute Gasteiger partial charge is 0.467 e. The third kappa shape index (κ3) is 4.59. The number of furan rings is 1. The third-order valence-corrected chi connectivity index (χ3v) is 4.36. The number of fused-ring (bicyclic) bond motifs is 1. The van der Waals surface area contributed by atoms with Crippen molar-refractivity contribution < 1.29 is 13.9 Å². The fourth-order valence-electron chi connectivity index (χ4n) is 3.03. The van der Waals surface area contributed by atoms with Crippen LogP contribution >= 0.6 is 0 Å². The van der Waals surface area contributed by atoms with Crippen molar-refractivity contribution in [1.82, 2.24) is 9.78 Å². The lowest BCUT2D eigenvalue weighted by molar-refractivity contribution is -0.116. The second kappa shape index (κ2) is 8.53. The number of rotatable bonds is 7. The van der Waals surface area contributed by atoms with E-state index >= 15 is 0 Å². The predicted molar refractivity (Wildman–Crippen MR) is 108 cm³/mol. The fourth-order valence-corrected chi connectivity index (χ4v) is 3.03. The topological polar surface area (TPSA) is 86.4 Å². The van der Waals surface area contributed by atoms with E-state index in [-0.39, 0.29) is 17.9 Å². The first-order valence-corrected chi connectivity index (χ1v) is 9.13. The molecule has 7 heteroatoms. The standard InChI is InChI=1S/C22H19N3O4/c26-21-12-23-25(20-9-2-1-8-19(20)21)13-22(27)24-17-6-3-5-16(11-17)14-28-15-18-7-4-10-29-18/h1-12H,13-15H2,(H,24,27). The molecule has 1 amide bonds. The first-order valence-electron chi connectivity index (χ1n) is 9.13. The molecule has 2 aromatic heterocycles. The summed E-state index contributed by atoms with van der Waals surface area (Å²) in [6.45, 7) is 0.783. The summed E-state index contributed by atoms with van der Waals surface area (Å²) in [4.78, 5) is 24.4. The van der Waals surface area contributed by atoms with Crippen LogP contribution in [0.4, 0.5) is 5.69 Å². The van der Waals surface area contributed by atoms with Crippen molar-refractivity contribution in [2.75, 3.05) is 5.32 Å². The first-order chi connectivity index (χ1) is 14.2. The van der Waals surface area contributed by atoms with E-state index in [1.165, 1.54) is 10.9 Å². The monoisotopic (exact) mass is 389 g/mol. The third-order valence-electron chi connectivity index (χ3n) is 4.36. The molecule has 0 fully saturated rings. The van der Waals surface area contributed by atoms with Crippen LogP contribution in [0.5, 0.6) is 0 Å². The Morgan fingerprint density at radius 2 is 1.97 bits per heavy atom. The molecular formula is C22H19N3O4. The number of para-hydroxylation sites is 1. The van der Waals surface area contributed by atoms with Crippen LogP contribution in [0.25, 0.3) is 10.9 Å². The van der Waals surface area contributed by atoms with Crippen LogP contribution in [-0.2, 0) is 29.3 Å². The molecule has 0 aliphatic rings. The van der Waals surface area contributed by atoms with Gasteiger partial charge >= 0.3 is 0 Å². The van der Waals surface area contributed by atoms with Crippen LogP contribution in [-0.4, -0.2) is 15.7 Å². The van der Waals surface area contributed by atoms with Gasteiger partial charge in [-0.1, -0.05) is 24.3 Å². The van der Waals surface area contributed by atoms with E-state index in [0.717, 1.165) is 11.3 Å².